The Labute approximate surface area is 182 Å². The van der Waals surface area contributed by atoms with Gasteiger partial charge in [-0.05, 0) is 24.5 Å². The lowest BCUT2D eigenvalue weighted by molar-refractivity contribution is 0.432. The van der Waals surface area contributed by atoms with Gasteiger partial charge in [-0.25, -0.2) is 23.4 Å². The molecule has 0 bridgehead atoms. The van der Waals surface area contributed by atoms with E-state index in [-0.39, 0.29) is 23.6 Å². The van der Waals surface area contributed by atoms with Crippen LogP contribution in [0.1, 0.15) is 37.4 Å². The van der Waals surface area contributed by atoms with E-state index in [4.69, 9.17) is 0 Å². The maximum absolute atomic E-state index is 14.2. The molecule has 1 unspecified atom stereocenters. The molecule has 6 rings (SSSR count). The molecule has 9 heteroatoms. The minimum absolute atomic E-state index is 0.0883. The molecule has 0 amide bonds. The molecule has 1 N–H and O–H groups in total. The van der Waals surface area contributed by atoms with Gasteiger partial charge >= 0.3 is 0 Å². The minimum Gasteiger partial charge on any atom is -0.367 e. The minimum atomic E-state index is -0.492. The monoisotopic (exact) mass is 433 g/mol. The Morgan fingerprint density at radius 3 is 2.84 bits per heavy atom. The van der Waals surface area contributed by atoms with Gasteiger partial charge in [-0.2, -0.15) is 5.10 Å². The summed E-state index contributed by atoms with van der Waals surface area (Å²) in [5, 5.41) is 17.3. The molecule has 162 valence electrons. The van der Waals surface area contributed by atoms with Crippen LogP contribution >= 0.6 is 0 Å². The first-order valence-corrected chi connectivity index (χ1v) is 10.7. The third kappa shape index (κ3) is 3.19. The highest BCUT2D eigenvalue weighted by molar-refractivity contribution is 5.89. The van der Waals surface area contributed by atoms with Gasteiger partial charge in [-0.3, -0.25) is 0 Å². The van der Waals surface area contributed by atoms with Crippen molar-refractivity contribution in [3.63, 3.8) is 0 Å². The second-order valence-corrected chi connectivity index (χ2v) is 9.02. The van der Waals surface area contributed by atoms with E-state index in [0.717, 1.165) is 30.8 Å². The van der Waals surface area contributed by atoms with Gasteiger partial charge in [0.15, 0.2) is 11.5 Å². The third-order valence-electron chi connectivity index (χ3n) is 6.38. The molecule has 0 radical (unpaired) electrons. The highest BCUT2D eigenvalue weighted by Crippen LogP contribution is 2.45. The Bertz CT molecular complexity index is 1350. The summed E-state index contributed by atoms with van der Waals surface area (Å²) in [7, 11) is 0. The van der Waals surface area contributed by atoms with Crippen molar-refractivity contribution in [3.8, 4) is 11.5 Å². The zero-order valence-electron chi connectivity index (χ0n) is 17.5. The molecule has 1 aliphatic carbocycles. The average Bonchev–Trinajstić information content (AvgIpc) is 3.44. The Hall–Kier alpha value is -3.49. The van der Waals surface area contributed by atoms with Crippen molar-refractivity contribution in [2.24, 2.45) is 5.92 Å². The predicted octanol–water partition coefficient (Wildman–Crippen LogP) is 4.09. The number of hydrogen-bond acceptors (Lipinski definition) is 6. The van der Waals surface area contributed by atoms with Crippen LogP contribution in [0.2, 0.25) is 0 Å². The molecule has 1 saturated carbocycles. The standard InChI is InChI=1S/C23H21F2N7/c1-23(9-13-6-7-13)12-27-21-19(23)29-30-20(28-21)18-16-8-15(24)10-26-22(16)32(31-18)11-14-4-2-3-5-17(14)25/h2-5,8,10,13H,6-7,9,11-12H2,1H3,(H,27,28,30). The fourth-order valence-electron chi connectivity index (χ4n) is 4.54. The Morgan fingerprint density at radius 2 is 2.03 bits per heavy atom. The fraction of sp³-hybridized carbons (Fsp3) is 0.348. The maximum Gasteiger partial charge on any atom is 0.204 e. The van der Waals surface area contributed by atoms with E-state index in [1.807, 2.05) is 0 Å². The van der Waals surface area contributed by atoms with E-state index in [9.17, 15) is 8.78 Å². The Morgan fingerprint density at radius 1 is 1.19 bits per heavy atom. The molecule has 4 aromatic rings. The number of halogens is 2. The van der Waals surface area contributed by atoms with Gasteiger partial charge in [0.05, 0.1) is 18.1 Å². The summed E-state index contributed by atoms with van der Waals surface area (Å²) in [6.07, 6.45) is 4.73. The molecule has 7 nitrogen and oxygen atoms in total. The van der Waals surface area contributed by atoms with E-state index in [1.165, 1.54) is 25.0 Å². The molecule has 32 heavy (non-hydrogen) atoms. The summed E-state index contributed by atoms with van der Waals surface area (Å²) in [6.45, 7) is 3.11. The largest absolute Gasteiger partial charge is 0.367 e. The SMILES string of the molecule is CC1(CC2CC2)CNc2nc(-c3nn(Cc4ccccc4F)c4ncc(F)cc34)nnc21. The van der Waals surface area contributed by atoms with Gasteiger partial charge in [0.25, 0.3) is 0 Å². The van der Waals surface area contributed by atoms with Crippen LogP contribution in [0.5, 0.6) is 0 Å². The van der Waals surface area contributed by atoms with Crippen molar-refractivity contribution >= 4 is 16.9 Å². The number of nitrogens with zero attached hydrogens (tertiary/aromatic N) is 6. The lowest BCUT2D eigenvalue weighted by atomic mass is 9.83. The maximum atomic E-state index is 14.2. The quantitative estimate of drug-likeness (QED) is 0.511. The van der Waals surface area contributed by atoms with Crippen LogP contribution in [-0.4, -0.2) is 36.5 Å². The molecule has 4 heterocycles. The second-order valence-electron chi connectivity index (χ2n) is 9.02. The number of nitrogens with one attached hydrogen (secondary N) is 1. The van der Waals surface area contributed by atoms with Gasteiger partial charge in [-0.15, -0.1) is 10.2 Å². The van der Waals surface area contributed by atoms with E-state index in [0.29, 0.717) is 28.1 Å². The first-order valence-electron chi connectivity index (χ1n) is 10.7. The van der Waals surface area contributed by atoms with E-state index < -0.39 is 5.82 Å². The number of aromatic nitrogens is 6. The average molecular weight is 433 g/mol. The molecule has 0 saturated heterocycles. The molecule has 3 aromatic heterocycles. The smallest absolute Gasteiger partial charge is 0.204 e. The summed E-state index contributed by atoms with van der Waals surface area (Å²) in [6, 6.07) is 7.82. The number of anilines is 1. The number of fused-ring (bicyclic) bond motifs is 2. The van der Waals surface area contributed by atoms with Gasteiger partial charge in [0, 0.05) is 17.5 Å². The first kappa shape index (κ1) is 19.2. The van der Waals surface area contributed by atoms with Crippen molar-refractivity contribution in [3.05, 3.63) is 59.4 Å². The summed E-state index contributed by atoms with van der Waals surface area (Å²) >= 11 is 0. The molecule has 0 spiro atoms. The van der Waals surface area contributed by atoms with Crippen LogP contribution in [0, 0.1) is 17.6 Å². The van der Waals surface area contributed by atoms with Crippen LogP contribution in [0.15, 0.2) is 36.5 Å². The van der Waals surface area contributed by atoms with Crippen LogP contribution in [0.25, 0.3) is 22.6 Å². The lowest BCUT2D eigenvalue weighted by Gasteiger charge is -2.21. The normalized spacial score (nSPS) is 19.8. The van der Waals surface area contributed by atoms with Crippen LogP contribution in [0.4, 0.5) is 14.6 Å². The molecule has 1 aromatic carbocycles. The number of rotatable bonds is 5. The van der Waals surface area contributed by atoms with Crippen LogP contribution in [-0.2, 0) is 12.0 Å². The fourth-order valence-corrected chi connectivity index (χ4v) is 4.54. The van der Waals surface area contributed by atoms with Gasteiger partial charge in [0.2, 0.25) is 5.82 Å². The van der Waals surface area contributed by atoms with Crippen molar-refractivity contribution in [1.82, 2.24) is 29.9 Å². The van der Waals surface area contributed by atoms with Crippen molar-refractivity contribution in [2.45, 2.75) is 38.1 Å². The van der Waals surface area contributed by atoms with Gasteiger partial charge < -0.3 is 5.32 Å². The Balaban J connectivity index is 1.43. The van der Waals surface area contributed by atoms with Gasteiger partial charge in [0.1, 0.15) is 23.0 Å². The van der Waals surface area contributed by atoms with Crippen molar-refractivity contribution < 1.29 is 8.78 Å². The molecule has 1 atom stereocenters. The lowest BCUT2D eigenvalue weighted by Crippen LogP contribution is -2.26. The second kappa shape index (κ2) is 7.01. The van der Waals surface area contributed by atoms with Crippen LogP contribution < -0.4 is 5.32 Å². The highest BCUT2D eigenvalue weighted by atomic mass is 19.1. The molecule has 1 fully saturated rings. The van der Waals surface area contributed by atoms with Crippen molar-refractivity contribution in [2.75, 3.05) is 11.9 Å². The topological polar surface area (TPSA) is 81.4 Å². The molecular weight excluding hydrogens is 412 g/mol. The molecular formula is C23H21F2N7. The van der Waals surface area contributed by atoms with E-state index >= 15 is 0 Å². The summed E-state index contributed by atoms with van der Waals surface area (Å²) in [4.78, 5) is 8.88. The van der Waals surface area contributed by atoms with E-state index in [1.54, 1.807) is 22.9 Å². The summed E-state index contributed by atoms with van der Waals surface area (Å²) < 4.78 is 29.8. The first-order chi connectivity index (χ1) is 15.5. The van der Waals surface area contributed by atoms with Crippen LogP contribution in [0.3, 0.4) is 0 Å². The number of hydrogen-bond donors (Lipinski definition) is 1. The highest BCUT2D eigenvalue weighted by Gasteiger charge is 2.42. The zero-order chi connectivity index (χ0) is 21.9. The van der Waals surface area contributed by atoms with E-state index in [2.05, 4.69) is 37.5 Å². The predicted molar refractivity (Wildman–Crippen MR) is 115 cm³/mol. The third-order valence-corrected chi connectivity index (χ3v) is 6.38. The van der Waals surface area contributed by atoms with Crippen molar-refractivity contribution in [1.29, 1.82) is 0 Å². The van der Waals surface area contributed by atoms with Gasteiger partial charge in [-0.1, -0.05) is 38.0 Å². The summed E-state index contributed by atoms with van der Waals surface area (Å²) in [5.41, 5.74) is 2.04. The molecule has 1 aliphatic heterocycles. The zero-order valence-corrected chi connectivity index (χ0v) is 17.5. The number of pyridine rings is 1. The summed E-state index contributed by atoms with van der Waals surface area (Å²) in [5.74, 6) is 0.903. The number of benzene rings is 1. The molecule has 2 aliphatic rings. The Kier molecular flexibility index (Phi) is 4.21.